The van der Waals surface area contributed by atoms with Crippen LogP contribution in [0.2, 0.25) is 0 Å². The molecule has 108 valence electrons. The number of anilines is 1. The summed E-state index contributed by atoms with van der Waals surface area (Å²) in [5, 5.41) is 13.3. The molecule has 1 aromatic rings. The third kappa shape index (κ3) is 3.92. The highest BCUT2D eigenvalue weighted by Crippen LogP contribution is 2.23. The van der Waals surface area contributed by atoms with Crippen molar-refractivity contribution in [1.82, 2.24) is 10.4 Å². The van der Waals surface area contributed by atoms with Gasteiger partial charge in [-0.1, -0.05) is 0 Å². The van der Waals surface area contributed by atoms with Gasteiger partial charge in [0.25, 0.3) is 0 Å². The van der Waals surface area contributed by atoms with Gasteiger partial charge in [-0.15, -0.1) is 0 Å². The van der Waals surface area contributed by atoms with Crippen LogP contribution in [0.25, 0.3) is 0 Å². The molecule has 0 aliphatic carbocycles. The molecule has 1 fully saturated rings. The molecule has 2 rings (SSSR count). The number of carbonyl (C=O) groups excluding carboxylic acids is 1. The van der Waals surface area contributed by atoms with Crippen LogP contribution in [0.5, 0.6) is 0 Å². The predicted octanol–water partition coefficient (Wildman–Crippen LogP) is 1.52. The number of hydrogen-bond acceptors (Lipinski definition) is 4. The average molecular weight is 344 g/mol. The number of urea groups is 1. The third-order valence-electron chi connectivity index (χ3n) is 2.73. The van der Waals surface area contributed by atoms with Gasteiger partial charge in [0.05, 0.1) is 24.5 Å². The van der Waals surface area contributed by atoms with Crippen LogP contribution >= 0.6 is 15.9 Å². The fourth-order valence-electron chi connectivity index (χ4n) is 1.72. The van der Waals surface area contributed by atoms with Gasteiger partial charge in [-0.3, -0.25) is 5.43 Å². The number of nitrogens with one attached hydrogen (secondary N) is 2. The zero-order chi connectivity index (χ0) is 14.5. The van der Waals surface area contributed by atoms with Crippen LogP contribution in [0.1, 0.15) is 10.4 Å². The summed E-state index contributed by atoms with van der Waals surface area (Å²) >= 11 is 3.23. The van der Waals surface area contributed by atoms with Gasteiger partial charge in [0, 0.05) is 17.6 Å². The molecule has 0 atom stereocenters. The molecule has 7 nitrogen and oxygen atoms in total. The quantitative estimate of drug-likeness (QED) is 0.773. The molecule has 0 radical (unpaired) electrons. The minimum Gasteiger partial charge on any atom is -0.478 e. The molecular weight excluding hydrogens is 330 g/mol. The Morgan fingerprint density at radius 1 is 1.30 bits per heavy atom. The second-order valence-electron chi connectivity index (χ2n) is 4.17. The van der Waals surface area contributed by atoms with Crippen molar-refractivity contribution in [3.05, 3.63) is 28.2 Å². The molecule has 1 aromatic carbocycles. The molecular formula is C12H14BrN3O4. The van der Waals surface area contributed by atoms with Crippen LogP contribution in [0.3, 0.4) is 0 Å². The number of halogens is 1. The topological polar surface area (TPSA) is 90.9 Å². The number of aromatic carboxylic acids is 1. The van der Waals surface area contributed by atoms with Crippen LogP contribution < -0.4 is 10.7 Å². The second kappa shape index (κ2) is 6.69. The minimum atomic E-state index is -1.02. The lowest BCUT2D eigenvalue weighted by Crippen LogP contribution is -2.49. The standard InChI is InChI=1S/C12H14BrN3O4/c13-9-7-8(11(17)18)1-2-10(9)14-12(19)15-16-3-5-20-6-4-16/h1-2,7H,3-6H2,(H,17,18)(H2,14,15,19). The Balaban J connectivity index is 1.95. The highest BCUT2D eigenvalue weighted by atomic mass is 79.9. The van der Waals surface area contributed by atoms with Gasteiger partial charge in [-0.25, -0.2) is 14.6 Å². The normalized spacial score (nSPS) is 15.7. The van der Waals surface area contributed by atoms with Gasteiger partial charge in [0.2, 0.25) is 0 Å². The molecule has 0 unspecified atom stereocenters. The predicted molar refractivity (Wildman–Crippen MR) is 75.6 cm³/mol. The summed E-state index contributed by atoms with van der Waals surface area (Å²) in [5.41, 5.74) is 3.35. The fraction of sp³-hybridized carbons (Fsp3) is 0.333. The number of hydrazine groups is 1. The maximum absolute atomic E-state index is 11.8. The van der Waals surface area contributed by atoms with Gasteiger partial charge >= 0.3 is 12.0 Å². The van der Waals surface area contributed by atoms with Gasteiger partial charge in [0.15, 0.2) is 0 Å². The average Bonchev–Trinajstić information content (AvgIpc) is 2.42. The fourth-order valence-corrected chi connectivity index (χ4v) is 2.20. The first-order chi connectivity index (χ1) is 9.56. The van der Waals surface area contributed by atoms with E-state index in [0.29, 0.717) is 36.5 Å². The molecule has 3 N–H and O–H groups in total. The first kappa shape index (κ1) is 14.8. The lowest BCUT2D eigenvalue weighted by Gasteiger charge is -2.27. The monoisotopic (exact) mass is 343 g/mol. The molecule has 2 amide bonds. The Bertz CT molecular complexity index is 517. The van der Waals surface area contributed by atoms with E-state index in [1.54, 1.807) is 5.01 Å². The summed E-state index contributed by atoms with van der Waals surface area (Å²) in [6.07, 6.45) is 0. The SMILES string of the molecule is O=C(Nc1ccc(C(=O)O)cc1Br)NN1CCOCC1. The van der Waals surface area contributed by atoms with E-state index in [-0.39, 0.29) is 11.6 Å². The second-order valence-corrected chi connectivity index (χ2v) is 5.02. The molecule has 1 aliphatic rings. The van der Waals surface area contributed by atoms with Crippen molar-refractivity contribution >= 4 is 33.6 Å². The molecule has 1 heterocycles. The van der Waals surface area contributed by atoms with E-state index >= 15 is 0 Å². The number of hydrogen-bond donors (Lipinski definition) is 3. The Hall–Kier alpha value is -1.64. The van der Waals surface area contributed by atoms with Crippen LogP contribution in [0.4, 0.5) is 10.5 Å². The lowest BCUT2D eigenvalue weighted by molar-refractivity contribution is 0.0207. The van der Waals surface area contributed by atoms with Crippen LogP contribution in [0, 0.1) is 0 Å². The van der Waals surface area contributed by atoms with Crippen molar-refractivity contribution in [1.29, 1.82) is 0 Å². The number of nitrogens with zero attached hydrogens (tertiary/aromatic N) is 1. The van der Waals surface area contributed by atoms with Gasteiger partial charge in [-0.2, -0.15) is 0 Å². The molecule has 1 saturated heterocycles. The van der Waals surface area contributed by atoms with E-state index in [4.69, 9.17) is 9.84 Å². The Labute approximate surface area is 124 Å². The number of carboxylic acid groups (broad SMARTS) is 1. The van der Waals surface area contributed by atoms with E-state index in [1.807, 2.05) is 0 Å². The molecule has 0 saturated carbocycles. The number of ether oxygens (including phenoxy) is 1. The maximum atomic E-state index is 11.8. The lowest BCUT2D eigenvalue weighted by atomic mass is 10.2. The summed E-state index contributed by atoms with van der Waals surface area (Å²) in [6, 6.07) is 4.02. The maximum Gasteiger partial charge on any atom is 0.335 e. The molecule has 0 aromatic heterocycles. The van der Waals surface area contributed by atoms with Crippen molar-refractivity contribution in [2.24, 2.45) is 0 Å². The number of rotatable bonds is 3. The molecule has 1 aliphatic heterocycles. The highest BCUT2D eigenvalue weighted by Gasteiger charge is 2.14. The number of carbonyl (C=O) groups is 2. The first-order valence-corrected chi connectivity index (χ1v) is 6.79. The first-order valence-electron chi connectivity index (χ1n) is 5.99. The van der Waals surface area contributed by atoms with E-state index in [9.17, 15) is 9.59 Å². The van der Waals surface area contributed by atoms with E-state index < -0.39 is 5.97 Å². The van der Waals surface area contributed by atoms with E-state index in [1.165, 1.54) is 18.2 Å². The third-order valence-corrected chi connectivity index (χ3v) is 3.39. The van der Waals surface area contributed by atoms with E-state index in [2.05, 4.69) is 26.7 Å². The van der Waals surface area contributed by atoms with Gasteiger partial charge in [-0.05, 0) is 34.1 Å². The Morgan fingerprint density at radius 2 is 2.00 bits per heavy atom. The summed E-state index contributed by atoms with van der Waals surface area (Å²) in [6.45, 7) is 2.42. The summed E-state index contributed by atoms with van der Waals surface area (Å²) in [5.74, 6) is -1.02. The minimum absolute atomic E-state index is 0.149. The van der Waals surface area contributed by atoms with E-state index in [0.717, 1.165) is 0 Å². The van der Waals surface area contributed by atoms with Crippen molar-refractivity contribution < 1.29 is 19.4 Å². The van der Waals surface area contributed by atoms with Gasteiger partial charge < -0.3 is 15.2 Å². The number of amides is 2. The summed E-state index contributed by atoms with van der Waals surface area (Å²) in [4.78, 5) is 22.6. The zero-order valence-electron chi connectivity index (χ0n) is 10.6. The van der Waals surface area contributed by atoms with Gasteiger partial charge in [0.1, 0.15) is 0 Å². The molecule has 8 heteroatoms. The molecule has 0 spiro atoms. The number of benzene rings is 1. The molecule has 0 bridgehead atoms. The highest BCUT2D eigenvalue weighted by molar-refractivity contribution is 9.10. The Kier molecular flexibility index (Phi) is 4.94. The largest absolute Gasteiger partial charge is 0.478 e. The molecule has 20 heavy (non-hydrogen) atoms. The van der Waals surface area contributed by atoms with Crippen molar-refractivity contribution in [3.63, 3.8) is 0 Å². The van der Waals surface area contributed by atoms with Crippen molar-refractivity contribution in [2.45, 2.75) is 0 Å². The van der Waals surface area contributed by atoms with Crippen LogP contribution in [-0.2, 0) is 4.74 Å². The van der Waals surface area contributed by atoms with Crippen LogP contribution in [-0.4, -0.2) is 48.4 Å². The Morgan fingerprint density at radius 3 is 2.60 bits per heavy atom. The number of carboxylic acids is 1. The zero-order valence-corrected chi connectivity index (χ0v) is 12.1. The summed E-state index contributed by atoms with van der Waals surface area (Å²) in [7, 11) is 0. The van der Waals surface area contributed by atoms with Crippen LogP contribution in [0.15, 0.2) is 22.7 Å². The van der Waals surface area contributed by atoms with Crippen molar-refractivity contribution in [2.75, 3.05) is 31.6 Å². The number of morpholine rings is 1. The summed E-state index contributed by atoms with van der Waals surface area (Å²) < 4.78 is 5.69. The smallest absolute Gasteiger partial charge is 0.335 e. The van der Waals surface area contributed by atoms with Crippen molar-refractivity contribution in [3.8, 4) is 0 Å².